The summed E-state index contributed by atoms with van der Waals surface area (Å²) in [5.74, 6) is 0.135. The molecule has 0 aliphatic carbocycles. The highest BCUT2D eigenvalue weighted by Gasteiger charge is 2.41. The van der Waals surface area contributed by atoms with Crippen LogP contribution in [0.4, 0.5) is 18.9 Å². The minimum absolute atomic E-state index is 0.0155. The number of carbonyl (C=O) groups is 1. The van der Waals surface area contributed by atoms with Gasteiger partial charge in [0.15, 0.2) is 5.84 Å². The van der Waals surface area contributed by atoms with E-state index >= 15 is 0 Å². The third-order valence-electron chi connectivity index (χ3n) is 5.17. The fourth-order valence-electron chi connectivity index (χ4n) is 3.80. The molecular weight excluding hydrogens is 349 g/mol. The Hall–Kier alpha value is -2.29. The molecule has 2 N–H and O–H groups in total. The van der Waals surface area contributed by atoms with Crippen LogP contribution in [0.5, 0.6) is 5.75 Å². The topological polar surface area (TPSA) is 66.0 Å². The largest absolute Gasteiger partial charge is 0.483 e. The summed E-state index contributed by atoms with van der Waals surface area (Å²) in [6.45, 7) is 3.08. The van der Waals surface area contributed by atoms with E-state index in [4.69, 9.17) is 4.74 Å². The summed E-state index contributed by atoms with van der Waals surface area (Å²) in [7, 11) is 0. The zero-order valence-corrected chi connectivity index (χ0v) is 14.2. The van der Waals surface area contributed by atoms with Gasteiger partial charge in [0.2, 0.25) is 0 Å². The van der Waals surface area contributed by atoms with E-state index in [0.29, 0.717) is 37.5 Å². The summed E-state index contributed by atoms with van der Waals surface area (Å²) >= 11 is 0. The Morgan fingerprint density at radius 2 is 2.00 bits per heavy atom. The Balaban J connectivity index is 1.85. The molecular formula is C17H19F3N4O2. The SMILES string of the molecule is CC1C(=O)NN=C2COc3cc(C(F)(F)F)c(C4CCNCC4)cc3N21. The second-order valence-electron chi connectivity index (χ2n) is 6.77. The maximum atomic E-state index is 13.7. The van der Waals surface area contributed by atoms with E-state index in [1.54, 1.807) is 11.8 Å². The fraction of sp³-hybridized carbons (Fsp3) is 0.529. The number of fused-ring (bicyclic) bond motifs is 3. The van der Waals surface area contributed by atoms with Gasteiger partial charge in [-0.15, -0.1) is 0 Å². The summed E-state index contributed by atoms with van der Waals surface area (Å²) in [4.78, 5) is 13.7. The third-order valence-corrected chi connectivity index (χ3v) is 5.17. The summed E-state index contributed by atoms with van der Waals surface area (Å²) in [5, 5.41) is 7.16. The average Bonchev–Trinajstić information content (AvgIpc) is 2.63. The van der Waals surface area contributed by atoms with E-state index < -0.39 is 17.8 Å². The Labute approximate surface area is 148 Å². The van der Waals surface area contributed by atoms with Gasteiger partial charge in [0.05, 0.1) is 11.3 Å². The molecule has 1 fully saturated rings. The number of halogens is 3. The number of rotatable bonds is 1. The number of alkyl halides is 3. The van der Waals surface area contributed by atoms with Gasteiger partial charge in [0.1, 0.15) is 18.4 Å². The van der Waals surface area contributed by atoms with Crippen molar-refractivity contribution in [1.29, 1.82) is 0 Å². The van der Waals surface area contributed by atoms with Crippen molar-refractivity contribution in [1.82, 2.24) is 10.7 Å². The zero-order chi connectivity index (χ0) is 18.5. The maximum Gasteiger partial charge on any atom is 0.416 e. The van der Waals surface area contributed by atoms with Crippen molar-refractivity contribution in [2.75, 3.05) is 24.6 Å². The lowest BCUT2D eigenvalue weighted by atomic mass is 9.86. The number of nitrogens with zero attached hydrogens (tertiary/aromatic N) is 2. The second-order valence-corrected chi connectivity index (χ2v) is 6.77. The summed E-state index contributed by atoms with van der Waals surface area (Å²) < 4.78 is 46.5. The molecule has 1 unspecified atom stereocenters. The van der Waals surface area contributed by atoms with Gasteiger partial charge >= 0.3 is 6.18 Å². The molecule has 0 aromatic heterocycles. The molecule has 1 saturated heterocycles. The molecule has 9 heteroatoms. The van der Waals surface area contributed by atoms with E-state index in [9.17, 15) is 18.0 Å². The van der Waals surface area contributed by atoms with Crippen molar-refractivity contribution < 1.29 is 22.7 Å². The first-order valence-corrected chi connectivity index (χ1v) is 8.60. The predicted octanol–water partition coefficient (Wildman–Crippen LogP) is 2.20. The summed E-state index contributed by atoms with van der Waals surface area (Å²) in [6, 6.07) is 2.04. The van der Waals surface area contributed by atoms with E-state index in [2.05, 4.69) is 15.8 Å². The van der Waals surface area contributed by atoms with Gasteiger partial charge in [-0.1, -0.05) is 0 Å². The lowest BCUT2D eigenvalue weighted by Crippen LogP contribution is -2.55. The van der Waals surface area contributed by atoms with Crippen LogP contribution in [0.3, 0.4) is 0 Å². The molecule has 4 rings (SSSR count). The number of hydrazone groups is 1. The van der Waals surface area contributed by atoms with E-state index in [1.165, 1.54) is 6.07 Å². The molecule has 26 heavy (non-hydrogen) atoms. The van der Waals surface area contributed by atoms with Crippen LogP contribution in [0, 0.1) is 0 Å². The first-order valence-electron chi connectivity index (χ1n) is 8.60. The van der Waals surface area contributed by atoms with Crippen LogP contribution in [-0.4, -0.2) is 37.5 Å². The second kappa shape index (κ2) is 6.15. The van der Waals surface area contributed by atoms with Gasteiger partial charge in [-0.05, 0) is 56.5 Å². The number of piperidine rings is 1. The van der Waals surface area contributed by atoms with Crippen LogP contribution in [0.1, 0.15) is 36.8 Å². The molecule has 0 spiro atoms. The number of nitrogens with one attached hydrogen (secondary N) is 2. The molecule has 3 heterocycles. The number of benzene rings is 1. The smallest absolute Gasteiger partial charge is 0.416 e. The average molecular weight is 368 g/mol. The van der Waals surface area contributed by atoms with Crippen LogP contribution in [0.25, 0.3) is 0 Å². The Morgan fingerprint density at radius 3 is 2.69 bits per heavy atom. The molecule has 1 amide bonds. The van der Waals surface area contributed by atoms with Crippen molar-refractivity contribution in [3.63, 3.8) is 0 Å². The number of anilines is 1. The van der Waals surface area contributed by atoms with Gasteiger partial charge in [-0.2, -0.15) is 18.3 Å². The molecule has 1 aromatic carbocycles. The van der Waals surface area contributed by atoms with Crippen LogP contribution in [0.15, 0.2) is 17.2 Å². The lowest BCUT2D eigenvalue weighted by molar-refractivity contribution is -0.138. The number of amides is 1. The van der Waals surface area contributed by atoms with Gasteiger partial charge in [0, 0.05) is 0 Å². The molecule has 1 atom stereocenters. The molecule has 6 nitrogen and oxygen atoms in total. The minimum Gasteiger partial charge on any atom is -0.483 e. The van der Waals surface area contributed by atoms with E-state index in [1.807, 2.05) is 0 Å². The van der Waals surface area contributed by atoms with Gasteiger partial charge < -0.3 is 15.0 Å². The molecule has 0 bridgehead atoms. The van der Waals surface area contributed by atoms with Crippen LogP contribution < -0.4 is 20.4 Å². The normalized spacial score (nSPS) is 23.5. The monoisotopic (exact) mass is 368 g/mol. The Bertz CT molecular complexity index is 772. The zero-order valence-electron chi connectivity index (χ0n) is 14.2. The van der Waals surface area contributed by atoms with Crippen LogP contribution in [0.2, 0.25) is 0 Å². The van der Waals surface area contributed by atoms with Gasteiger partial charge in [-0.3, -0.25) is 4.79 Å². The van der Waals surface area contributed by atoms with E-state index in [-0.39, 0.29) is 29.7 Å². The third kappa shape index (κ3) is 2.80. The maximum absolute atomic E-state index is 13.7. The highest BCUT2D eigenvalue weighted by Crippen LogP contribution is 2.45. The quantitative estimate of drug-likeness (QED) is 0.798. The standard InChI is InChI=1S/C17H19F3N4O2/c1-9-16(25)23-22-15-8-26-14-7-12(17(18,19)20)11(6-13(14)24(9)15)10-2-4-21-5-3-10/h6-7,9-10,21H,2-5,8H2,1H3,(H,23,25). The van der Waals surface area contributed by atoms with E-state index in [0.717, 1.165) is 6.07 Å². The Morgan fingerprint density at radius 1 is 1.27 bits per heavy atom. The van der Waals surface area contributed by atoms with Gasteiger partial charge in [-0.25, -0.2) is 5.43 Å². The van der Waals surface area contributed by atoms with Crippen molar-refractivity contribution in [2.45, 2.75) is 37.9 Å². The summed E-state index contributed by atoms with van der Waals surface area (Å²) in [6.07, 6.45) is -3.18. The van der Waals surface area contributed by atoms with Crippen molar-refractivity contribution in [3.05, 3.63) is 23.3 Å². The predicted molar refractivity (Wildman–Crippen MR) is 89.3 cm³/mol. The van der Waals surface area contributed by atoms with Crippen molar-refractivity contribution >= 4 is 17.4 Å². The lowest BCUT2D eigenvalue weighted by Gasteiger charge is -2.39. The minimum atomic E-state index is -4.46. The molecule has 3 aliphatic heterocycles. The fourth-order valence-corrected chi connectivity index (χ4v) is 3.80. The highest BCUT2D eigenvalue weighted by molar-refractivity contribution is 6.09. The first-order chi connectivity index (χ1) is 12.4. The molecule has 1 aromatic rings. The number of ether oxygens (including phenoxy) is 1. The van der Waals surface area contributed by atoms with Crippen LogP contribution in [-0.2, 0) is 11.0 Å². The van der Waals surface area contributed by atoms with Crippen molar-refractivity contribution in [2.24, 2.45) is 5.10 Å². The number of hydrogen-bond donors (Lipinski definition) is 2. The number of hydrogen-bond acceptors (Lipinski definition) is 5. The molecule has 0 radical (unpaired) electrons. The summed E-state index contributed by atoms with van der Waals surface area (Å²) in [5.41, 5.74) is 2.50. The highest BCUT2D eigenvalue weighted by atomic mass is 19.4. The first kappa shape index (κ1) is 17.1. The van der Waals surface area contributed by atoms with Crippen LogP contribution >= 0.6 is 0 Å². The van der Waals surface area contributed by atoms with Gasteiger partial charge in [0.25, 0.3) is 5.91 Å². The molecule has 3 aliphatic rings. The Kier molecular flexibility index (Phi) is 4.06. The van der Waals surface area contributed by atoms with Crippen molar-refractivity contribution in [3.8, 4) is 5.75 Å². The molecule has 0 saturated carbocycles. The number of amidine groups is 1. The molecule has 140 valence electrons. The number of carbonyl (C=O) groups excluding carboxylic acids is 1.